The van der Waals surface area contributed by atoms with E-state index >= 15 is 0 Å². The summed E-state index contributed by atoms with van der Waals surface area (Å²) < 4.78 is 18.6. The van der Waals surface area contributed by atoms with Gasteiger partial charge >= 0.3 is 8.56 Å². The van der Waals surface area contributed by atoms with E-state index in [9.17, 15) is 5.11 Å². The van der Waals surface area contributed by atoms with Crippen molar-refractivity contribution in [2.75, 3.05) is 19.8 Å². The molecule has 24 heavy (non-hydrogen) atoms. The normalized spacial score (nSPS) is 15.6. The van der Waals surface area contributed by atoms with Crippen LogP contribution in [0.5, 0.6) is 0 Å². The van der Waals surface area contributed by atoms with Crippen LogP contribution >= 0.6 is 0 Å². The van der Waals surface area contributed by atoms with Crippen LogP contribution in [0.1, 0.15) is 20.3 Å². The van der Waals surface area contributed by atoms with Crippen LogP contribution in [0, 0.1) is 5.41 Å². The van der Waals surface area contributed by atoms with Crippen molar-refractivity contribution in [3.63, 3.8) is 0 Å². The second-order valence-electron chi connectivity index (χ2n) is 9.56. The molecule has 2 N–H and O–H groups in total. The number of rotatable bonds is 12. The van der Waals surface area contributed by atoms with Gasteiger partial charge in [-0.05, 0) is 63.7 Å². The van der Waals surface area contributed by atoms with Crippen LogP contribution in [0.25, 0.3) is 0 Å². The van der Waals surface area contributed by atoms with Crippen LogP contribution in [0.3, 0.4) is 0 Å². The van der Waals surface area contributed by atoms with Crippen LogP contribution in [-0.4, -0.2) is 61.3 Å². The van der Waals surface area contributed by atoms with Gasteiger partial charge in [-0.3, -0.25) is 0 Å². The Morgan fingerprint density at radius 2 is 1.38 bits per heavy atom. The summed E-state index contributed by atoms with van der Waals surface area (Å²) >= 11 is 0. The molecule has 146 valence electrons. The van der Waals surface area contributed by atoms with Crippen molar-refractivity contribution in [3.8, 4) is 0 Å². The van der Waals surface area contributed by atoms with Crippen LogP contribution < -0.4 is 0 Å². The second-order valence-corrected chi connectivity index (χ2v) is 22.3. The predicted molar refractivity (Wildman–Crippen MR) is 108 cm³/mol. The van der Waals surface area contributed by atoms with Gasteiger partial charge in [-0.25, -0.2) is 0 Å². The van der Waals surface area contributed by atoms with Gasteiger partial charge in [0, 0.05) is 6.61 Å². The summed E-state index contributed by atoms with van der Waals surface area (Å²) in [5, 5.41) is 18.1. The lowest BCUT2D eigenvalue weighted by atomic mass is 9.92. The Bertz CT molecular complexity index is 348. The maximum absolute atomic E-state index is 9.33. The highest BCUT2D eigenvalue weighted by molar-refractivity contribution is 6.87. The molecule has 1 atom stereocenters. The minimum Gasteiger partial charge on any atom is -0.437 e. The fourth-order valence-electron chi connectivity index (χ4n) is 2.97. The van der Waals surface area contributed by atoms with Crippen molar-refractivity contribution >= 4 is 25.2 Å². The van der Waals surface area contributed by atoms with Gasteiger partial charge in [0.25, 0.3) is 0 Å². The maximum atomic E-state index is 9.33. The van der Waals surface area contributed by atoms with E-state index in [0.29, 0.717) is 6.61 Å². The van der Waals surface area contributed by atoms with Crippen LogP contribution in [0.4, 0.5) is 0 Å². The molecule has 0 aliphatic carbocycles. The second kappa shape index (κ2) is 9.41. The fraction of sp³-hybridized carbons (Fsp3) is 1.00. The third-order valence-corrected chi connectivity index (χ3v) is 13.2. The molecule has 0 amide bonds. The molecule has 0 radical (unpaired) electrons. The summed E-state index contributed by atoms with van der Waals surface area (Å²) in [4.78, 5) is 0. The number of aliphatic hydroxyl groups is 2. The van der Waals surface area contributed by atoms with E-state index < -0.39 is 31.3 Å². The molecule has 0 saturated carbocycles. The highest BCUT2D eigenvalue weighted by Crippen LogP contribution is 2.36. The first kappa shape index (κ1) is 24.5. The zero-order chi connectivity index (χ0) is 19.2. The number of ether oxygens (including phenoxy) is 1. The molecule has 0 spiro atoms. The topological polar surface area (TPSA) is 68.2 Å². The Hall–Kier alpha value is 0.451. The van der Waals surface area contributed by atoms with Crippen LogP contribution in [0.2, 0.25) is 51.9 Å². The van der Waals surface area contributed by atoms with E-state index in [1.54, 1.807) is 0 Å². The first-order chi connectivity index (χ1) is 10.6. The summed E-state index contributed by atoms with van der Waals surface area (Å²) in [6.07, 6.45) is 0.0795. The quantitative estimate of drug-likeness (QED) is 0.390. The molecular formula is C16H40O5Si3. The molecule has 5 nitrogen and oxygen atoms in total. The average Bonchev–Trinajstić information content (AvgIpc) is 2.27. The van der Waals surface area contributed by atoms with Gasteiger partial charge in [0.15, 0.2) is 16.6 Å². The lowest BCUT2D eigenvalue weighted by molar-refractivity contribution is -0.000294. The summed E-state index contributed by atoms with van der Waals surface area (Å²) in [5.74, 6) is 0. The Morgan fingerprint density at radius 1 is 0.917 bits per heavy atom. The average molecular weight is 397 g/mol. The zero-order valence-electron chi connectivity index (χ0n) is 17.2. The van der Waals surface area contributed by atoms with Crippen molar-refractivity contribution < 1.29 is 23.2 Å². The standard InChI is InChI=1S/C16H40O5Si3/c1-16(2,10-11-19-13-15(18)12-17)14-24(9,20-22(3,4)5)21-23(6,7)8/h15,17-18H,10-14H2,1-9H3. The van der Waals surface area contributed by atoms with Gasteiger partial charge in [0.05, 0.1) is 13.2 Å². The molecule has 0 saturated heterocycles. The Morgan fingerprint density at radius 3 is 1.75 bits per heavy atom. The minimum atomic E-state index is -2.27. The Balaban J connectivity index is 4.79. The van der Waals surface area contributed by atoms with Crippen molar-refractivity contribution in [1.29, 1.82) is 0 Å². The molecule has 0 rings (SSSR count). The molecule has 0 aromatic heterocycles. The van der Waals surface area contributed by atoms with Gasteiger partial charge in [-0.15, -0.1) is 0 Å². The van der Waals surface area contributed by atoms with Gasteiger partial charge in [-0.1, -0.05) is 13.8 Å². The predicted octanol–water partition coefficient (Wildman–Crippen LogP) is 3.55. The summed E-state index contributed by atoms with van der Waals surface area (Å²) in [7, 11) is -5.63. The molecule has 8 heteroatoms. The number of hydrogen-bond acceptors (Lipinski definition) is 5. The maximum Gasteiger partial charge on any atom is 0.314 e. The molecule has 0 fully saturated rings. The molecule has 0 aromatic carbocycles. The largest absolute Gasteiger partial charge is 0.437 e. The molecular weight excluding hydrogens is 356 g/mol. The van der Waals surface area contributed by atoms with E-state index in [2.05, 4.69) is 59.7 Å². The fourth-order valence-corrected chi connectivity index (χ4v) is 16.4. The van der Waals surface area contributed by atoms with Gasteiger partial charge < -0.3 is 23.2 Å². The summed E-state index contributed by atoms with van der Waals surface area (Å²) in [5.41, 5.74) is 0.0461. The first-order valence-corrected chi connectivity index (χ1v) is 18.2. The molecule has 0 heterocycles. The van der Waals surface area contributed by atoms with E-state index in [4.69, 9.17) is 18.1 Å². The van der Waals surface area contributed by atoms with Crippen LogP contribution in [0.15, 0.2) is 0 Å². The van der Waals surface area contributed by atoms with Crippen molar-refractivity contribution in [3.05, 3.63) is 0 Å². The third kappa shape index (κ3) is 12.8. The summed E-state index contributed by atoms with van der Waals surface area (Å²) in [6.45, 7) is 20.5. The van der Waals surface area contributed by atoms with E-state index in [0.717, 1.165) is 12.5 Å². The monoisotopic (exact) mass is 396 g/mol. The highest BCUT2D eigenvalue weighted by atomic mass is 28.5. The summed E-state index contributed by atoms with van der Waals surface area (Å²) in [6, 6.07) is 0.931. The SMILES string of the molecule is CC(C)(CCOCC(O)CO)C[Si](C)(O[Si](C)(C)C)O[Si](C)(C)C. The van der Waals surface area contributed by atoms with E-state index in [1.165, 1.54) is 0 Å². The molecule has 0 aliphatic rings. The highest BCUT2D eigenvalue weighted by Gasteiger charge is 2.44. The van der Waals surface area contributed by atoms with Crippen molar-refractivity contribution in [2.45, 2.75) is 78.2 Å². The lowest BCUT2D eigenvalue weighted by Crippen LogP contribution is -2.54. The Labute approximate surface area is 152 Å². The van der Waals surface area contributed by atoms with Crippen molar-refractivity contribution in [2.24, 2.45) is 5.41 Å². The number of hydrogen-bond donors (Lipinski definition) is 2. The third-order valence-electron chi connectivity index (χ3n) is 3.29. The zero-order valence-corrected chi connectivity index (χ0v) is 20.2. The van der Waals surface area contributed by atoms with Crippen LogP contribution in [-0.2, 0) is 13.0 Å². The van der Waals surface area contributed by atoms with Gasteiger partial charge in [0.1, 0.15) is 6.10 Å². The molecule has 1 unspecified atom stereocenters. The van der Waals surface area contributed by atoms with E-state index in [-0.39, 0.29) is 18.6 Å². The van der Waals surface area contributed by atoms with Gasteiger partial charge in [0.2, 0.25) is 0 Å². The molecule has 0 aromatic rings. The lowest BCUT2D eigenvalue weighted by Gasteiger charge is -2.42. The minimum absolute atomic E-state index is 0.0461. The smallest absolute Gasteiger partial charge is 0.314 e. The first-order valence-electron chi connectivity index (χ1n) is 8.85. The Kier molecular flexibility index (Phi) is 9.58. The number of aliphatic hydroxyl groups excluding tert-OH is 2. The molecule has 0 aliphatic heterocycles. The molecule has 0 bridgehead atoms. The van der Waals surface area contributed by atoms with Crippen molar-refractivity contribution in [1.82, 2.24) is 0 Å². The van der Waals surface area contributed by atoms with Gasteiger partial charge in [-0.2, -0.15) is 0 Å². The van der Waals surface area contributed by atoms with E-state index in [1.807, 2.05) is 0 Å².